The van der Waals surface area contributed by atoms with Crippen LogP contribution >= 0.6 is 0 Å². The lowest BCUT2D eigenvalue weighted by Gasteiger charge is -1.89. The Morgan fingerprint density at radius 3 is 2.20 bits per heavy atom. The molecule has 0 aliphatic heterocycles. The number of carbonyl (C=O) groups is 1. The van der Waals surface area contributed by atoms with Crippen molar-refractivity contribution < 1.29 is 9.90 Å². The van der Waals surface area contributed by atoms with Crippen LogP contribution in [0.4, 0.5) is 0 Å². The summed E-state index contributed by atoms with van der Waals surface area (Å²) in [4.78, 5) is 9.87. The van der Waals surface area contributed by atoms with Crippen molar-refractivity contribution in [2.24, 2.45) is 0 Å². The van der Waals surface area contributed by atoms with Gasteiger partial charge in [0.15, 0.2) is 0 Å². The first-order valence-corrected chi connectivity index (χ1v) is 3.19. The molecule has 0 aromatic heterocycles. The molecule has 0 aromatic rings. The Kier molecular flexibility index (Phi) is 12.6. The Labute approximate surface area is 60.3 Å². The van der Waals surface area contributed by atoms with Crippen molar-refractivity contribution in [3.63, 3.8) is 0 Å². The molecule has 0 aliphatic carbocycles. The molecule has 0 unspecified atom stereocenters. The molecule has 0 fully saturated rings. The Bertz CT molecular complexity index is 101. The fourth-order valence-corrected chi connectivity index (χ4v) is 0.526. The van der Waals surface area contributed by atoms with Gasteiger partial charge in [0.05, 0.1) is 0 Å². The summed E-state index contributed by atoms with van der Waals surface area (Å²) in [6.07, 6.45) is 3.28. The molecular weight excluding hydrogens is 132 g/mol. The summed E-state index contributed by atoms with van der Waals surface area (Å²) >= 11 is 0. The molecule has 0 amide bonds. The normalized spacial score (nSPS) is 7.50. The predicted octanol–water partition coefficient (Wildman–Crippen LogP) is 1.68. The topological polar surface area (TPSA) is 84.9 Å². The highest BCUT2D eigenvalue weighted by molar-refractivity contribution is 5.66. The van der Waals surface area contributed by atoms with Crippen LogP contribution in [0.25, 0.3) is 0 Å². The molecule has 58 valence electrons. The van der Waals surface area contributed by atoms with E-state index < -0.39 is 5.97 Å². The summed E-state index contributed by atoms with van der Waals surface area (Å²) in [6, 6.07) is 0. The van der Waals surface area contributed by atoms with E-state index in [1.807, 2.05) is 0 Å². The summed E-state index contributed by atoms with van der Waals surface area (Å²) in [5.41, 5.74) is 0. The van der Waals surface area contributed by atoms with E-state index in [1.54, 1.807) is 0 Å². The first-order chi connectivity index (χ1) is 4.77. The number of carboxylic acids is 1. The fourth-order valence-electron chi connectivity index (χ4n) is 0.526. The summed E-state index contributed by atoms with van der Waals surface area (Å²) in [5.74, 6) is -0.682. The number of aliphatic carboxylic acids is 1. The average molecular weight is 144 g/mol. The zero-order chi connectivity index (χ0) is 8.41. The largest absolute Gasteiger partial charge is 0.481 e. The van der Waals surface area contributed by atoms with Crippen LogP contribution in [0.15, 0.2) is 0 Å². The Balaban J connectivity index is 0. The smallest absolute Gasteiger partial charge is 0.303 e. The van der Waals surface area contributed by atoms with E-state index in [4.69, 9.17) is 15.9 Å². The van der Waals surface area contributed by atoms with Crippen LogP contribution < -0.4 is 0 Å². The molecule has 0 radical (unpaired) electrons. The molecule has 4 nitrogen and oxygen atoms in total. The molecule has 0 spiro atoms. The third kappa shape index (κ3) is 15.8. The molecule has 0 saturated carbocycles. The van der Waals surface area contributed by atoms with Crippen molar-refractivity contribution in [1.82, 2.24) is 0 Å². The molecule has 4 heteroatoms. The van der Waals surface area contributed by atoms with Crippen molar-refractivity contribution in [2.45, 2.75) is 32.6 Å². The summed E-state index contributed by atoms with van der Waals surface area (Å²) < 4.78 is 0. The van der Waals surface area contributed by atoms with Gasteiger partial charge in [0.25, 0.3) is 0 Å². The van der Waals surface area contributed by atoms with Crippen molar-refractivity contribution in [2.75, 3.05) is 0 Å². The minimum atomic E-state index is -0.682. The monoisotopic (exact) mass is 144 g/mol. The van der Waals surface area contributed by atoms with Crippen molar-refractivity contribution in [3.8, 4) is 0 Å². The van der Waals surface area contributed by atoms with E-state index in [0.717, 1.165) is 19.3 Å². The Hall–Kier alpha value is -1.11. The average Bonchev–Trinajstić information content (AvgIpc) is 1.92. The first kappa shape index (κ1) is 11.7. The molecule has 10 heavy (non-hydrogen) atoms. The van der Waals surface area contributed by atoms with Crippen molar-refractivity contribution in [3.05, 3.63) is 0 Å². The van der Waals surface area contributed by atoms with Gasteiger partial charge in [-0.15, -0.1) is 0 Å². The first-order valence-electron chi connectivity index (χ1n) is 3.19. The molecule has 0 bridgehead atoms. The number of carboxylic acid groups (broad SMARTS) is 1. The SMILES string of the molecule is CCCCCC(=O)O.N#N. The third-order valence-electron chi connectivity index (χ3n) is 0.994. The highest BCUT2D eigenvalue weighted by atomic mass is 16.4. The minimum Gasteiger partial charge on any atom is -0.481 e. The summed E-state index contributed by atoms with van der Waals surface area (Å²) in [7, 11) is 0. The van der Waals surface area contributed by atoms with Crippen LogP contribution in [0, 0.1) is 10.8 Å². The quantitative estimate of drug-likeness (QED) is 0.480. The van der Waals surface area contributed by atoms with Crippen molar-refractivity contribution >= 4 is 5.97 Å². The number of hydrogen-bond donors (Lipinski definition) is 1. The van der Waals surface area contributed by atoms with Crippen LogP contribution in [0.5, 0.6) is 0 Å². The second-order valence-electron chi connectivity index (χ2n) is 1.85. The minimum absolute atomic E-state index is 0.327. The maximum Gasteiger partial charge on any atom is 0.303 e. The molecule has 0 heterocycles. The highest BCUT2D eigenvalue weighted by Gasteiger charge is 1.92. The van der Waals surface area contributed by atoms with Crippen LogP contribution in [-0.2, 0) is 4.79 Å². The number of unbranched alkanes of at least 4 members (excludes halogenated alkanes) is 2. The highest BCUT2D eigenvalue weighted by Crippen LogP contribution is 1.97. The zero-order valence-corrected chi connectivity index (χ0v) is 6.08. The fraction of sp³-hybridized carbons (Fsp3) is 0.833. The van der Waals surface area contributed by atoms with E-state index >= 15 is 0 Å². The van der Waals surface area contributed by atoms with Gasteiger partial charge in [-0.1, -0.05) is 19.8 Å². The van der Waals surface area contributed by atoms with Crippen LogP contribution in [0.1, 0.15) is 32.6 Å². The number of nitrogens with zero attached hydrogens (tertiary/aromatic N) is 2. The van der Waals surface area contributed by atoms with E-state index in [1.165, 1.54) is 0 Å². The lowest BCUT2D eigenvalue weighted by Crippen LogP contribution is -1.92. The third-order valence-corrected chi connectivity index (χ3v) is 0.994. The van der Waals surface area contributed by atoms with Gasteiger partial charge in [-0.25, -0.2) is 0 Å². The molecule has 0 rings (SSSR count). The second-order valence-corrected chi connectivity index (χ2v) is 1.85. The molecule has 0 atom stereocenters. The lowest BCUT2D eigenvalue weighted by molar-refractivity contribution is -0.137. The lowest BCUT2D eigenvalue weighted by atomic mass is 10.2. The molecule has 1 N–H and O–H groups in total. The number of rotatable bonds is 4. The van der Waals surface area contributed by atoms with Gasteiger partial charge < -0.3 is 5.11 Å². The van der Waals surface area contributed by atoms with Crippen LogP contribution in [-0.4, -0.2) is 11.1 Å². The van der Waals surface area contributed by atoms with Crippen molar-refractivity contribution in [1.29, 1.82) is 10.8 Å². The molecule has 0 aromatic carbocycles. The summed E-state index contributed by atoms with van der Waals surface area (Å²) in [5, 5.41) is 20.1. The van der Waals surface area contributed by atoms with E-state index in [-0.39, 0.29) is 0 Å². The van der Waals surface area contributed by atoms with Gasteiger partial charge in [-0.2, -0.15) is 0 Å². The van der Waals surface area contributed by atoms with Gasteiger partial charge in [0.1, 0.15) is 0 Å². The molecule has 0 saturated heterocycles. The molecular formula is C6H12N2O2. The molecule has 0 aliphatic rings. The van der Waals surface area contributed by atoms with Crippen LogP contribution in [0.2, 0.25) is 0 Å². The Morgan fingerprint density at radius 1 is 1.40 bits per heavy atom. The van der Waals surface area contributed by atoms with Gasteiger partial charge in [0, 0.05) is 17.2 Å². The van der Waals surface area contributed by atoms with E-state index in [0.29, 0.717) is 6.42 Å². The maximum atomic E-state index is 9.87. The second kappa shape index (κ2) is 10.8. The standard InChI is InChI=1S/C6H12O2.N2/c1-2-3-4-5-6(7)8;1-2/h2-5H2,1H3,(H,7,8);. The van der Waals surface area contributed by atoms with Gasteiger partial charge >= 0.3 is 5.97 Å². The predicted molar refractivity (Wildman–Crippen MR) is 35.2 cm³/mol. The number of hydrogen-bond acceptors (Lipinski definition) is 3. The maximum absolute atomic E-state index is 9.87. The van der Waals surface area contributed by atoms with Gasteiger partial charge in [-0.3, -0.25) is 4.79 Å². The van der Waals surface area contributed by atoms with E-state index in [2.05, 4.69) is 6.92 Å². The van der Waals surface area contributed by atoms with Gasteiger partial charge in [0.2, 0.25) is 0 Å². The zero-order valence-electron chi connectivity index (χ0n) is 6.08. The Morgan fingerprint density at radius 2 is 1.90 bits per heavy atom. The summed E-state index contributed by atoms with van der Waals surface area (Å²) in [6.45, 7) is 2.06. The van der Waals surface area contributed by atoms with Gasteiger partial charge in [-0.05, 0) is 6.42 Å². The van der Waals surface area contributed by atoms with E-state index in [9.17, 15) is 4.79 Å². The van der Waals surface area contributed by atoms with Crippen LogP contribution in [0.3, 0.4) is 0 Å².